The summed E-state index contributed by atoms with van der Waals surface area (Å²) in [6.07, 6.45) is 1.89. The van der Waals surface area contributed by atoms with Crippen LogP contribution < -0.4 is 5.73 Å². The Labute approximate surface area is 186 Å². The fraction of sp³-hybridized carbons (Fsp3) is 0.737. The molecule has 0 radical (unpaired) electrons. The van der Waals surface area contributed by atoms with Gasteiger partial charge in [0, 0.05) is 0 Å². The first-order chi connectivity index (χ1) is 14.2. The second-order valence-corrected chi connectivity index (χ2v) is 13.1. The number of nitrogen functional groups attached to an aromatic ring is 1. The summed E-state index contributed by atoms with van der Waals surface area (Å²) < 4.78 is 26.3. The monoisotopic (exact) mass is 471 g/mol. The zero-order chi connectivity index (χ0) is 22.8. The highest BCUT2D eigenvalue weighted by molar-refractivity contribution is 8.07. The highest BCUT2D eigenvalue weighted by atomic mass is 32.5. The van der Waals surface area contributed by atoms with Crippen LogP contribution in [-0.2, 0) is 30.3 Å². The van der Waals surface area contributed by atoms with Crippen molar-refractivity contribution in [1.82, 2.24) is 19.5 Å². The van der Waals surface area contributed by atoms with Gasteiger partial charge >= 0.3 is 6.72 Å². The van der Waals surface area contributed by atoms with Gasteiger partial charge in [0.05, 0.1) is 18.5 Å². The van der Waals surface area contributed by atoms with Gasteiger partial charge in [-0.15, -0.1) is 0 Å². The summed E-state index contributed by atoms with van der Waals surface area (Å²) in [6.45, 7) is 8.56. The highest BCUT2D eigenvalue weighted by Gasteiger charge is 2.65. The molecule has 1 unspecified atom stereocenters. The minimum Gasteiger partial charge on any atom is -0.382 e. The van der Waals surface area contributed by atoms with Crippen molar-refractivity contribution in [3.05, 3.63) is 12.7 Å². The van der Waals surface area contributed by atoms with Gasteiger partial charge in [-0.05, 0) is 44.4 Å². The van der Waals surface area contributed by atoms with Crippen molar-refractivity contribution in [2.45, 2.75) is 77.6 Å². The Hall–Kier alpha value is -1.20. The Morgan fingerprint density at radius 2 is 2.00 bits per heavy atom. The number of nitrogens with two attached hydrogens (primary N) is 1. The lowest BCUT2D eigenvalue weighted by atomic mass is 9.80. The molecule has 0 aliphatic carbocycles. The van der Waals surface area contributed by atoms with Crippen molar-refractivity contribution < 1.29 is 23.4 Å². The van der Waals surface area contributed by atoms with E-state index in [0.29, 0.717) is 24.2 Å². The van der Waals surface area contributed by atoms with Crippen molar-refractivity contribution in [2.75, 3.05) is 12.3 Å². The van der Waals surface area contributed by atoms with Gasteiger partial charge in [-0.2, -0.15) is 0 Å². The Bertz CT molecular complexity index is 1030. The summed E-state index contributed by atoms with van der Waals surface area (Å²) in [7, 11) is 0. The molecule has 2 aliphatic heterocycles. The summed E-state index contributed by atoms with van der Waals surface area (Å²) in [5.41, 5.74) is 5.40. The molecule has 12 heteroatoms. The molecule has 2 saturated heterocycles. The molecule has 2 bridgehead atoms. The maximum Gasteiger partial charge on any atom is 0.325 e. The summed E-state index contributed by atoms with van der Waals surface area (Å²) >= 11 is 5.34. The molecule has 10 nitrogen and oxygen atoms in total. The SMILES string of the molecule is CC(C)(C)C[C@@]12CO[C@@H]([C@H](n3cnc4c(N)ncnc43)O1)[C@@H]2OP(O)(=S)OC(C)(C)C. The first kappa shape index (κ1) is 23.0. The molecule has 0 saturated carbocycles. The third-order valence-electron chi connectivity index (χ3n) is 5.10. The lowest BCUT2D eigenvalue weighted by Crippen LogP contribution is -2.44. The topological polar surface area (TPSA) is 127 Å². The summed E-state index contributed by atoms with van der Waals surface area (Å²) in [5.74, 6) is 0.287. The zero-order valence-corrected chi connectivity index (χ0v) is 20.3. The molecule has 5 atom stereocenters. The van der Waals surface area contributed by atoms with Crippen molar-refractivity contribution >= 4 is 35.5 Å². The van der Waals surface area contributed by atoms with Crippen LogP contribution in [0, 0.1) is 5.41 Å². The highest BCUT2D eigenvalue weighted by Crippen LogP contribution is 2.58. The molecule has 31 heavy (non-hydrogen) atoms. The number of imidazole rings is 1. The van der Waals surface area contributed by atoms with Crippen LogP contribution in [0.2, 0.25) is 0 Å². The minimum absolute atomic E-state index is 0.0960. The molecule has 4 rings (SSSR count). The number of nitrogens with zero attached hydrogens (tertiary/aromatic N) is 4. The van der Waals surface area contributed by atoms with Gasteiger partial charge in [0.1, 0.15) is 29.7 Å². The number of ether oxygens (including phenoxy) is 2. The Morgan fingerprint density at radius 1 is 1.29 bits per heavy atom. The number of aromatic nitrogens is 4. The second-order valence-electron chi connectivity index (χ2n) is 10.4. The van der Waals surface area contributed by atoms with Crippen LogP contribution in [-0.4, -0.2) is 54.4 Å². The largest absolute Gasteiger partial charge is 0.382 e. The van der Waals surface area contributed by atoms with Crippen molar-refractivity contribution in [2.24, 2.45) is 5.41 Å². The normalized spacial score (nSPS) is 30.7. The first-order valence-electron chi connectivity index (χ1n) is 10.1. The van der Waals surface area contributed by atoms with E-state index in [9.17, 15) is 4.89 Å². The van der Waals surface area contributed by atoms with Crippen LogP contribution in [0.25, 0.3) is 11.2 Å². The fourth-order valence-electron chi connectivity index (χ4n) is 4.38. The molecule has 3 N–H and O–H groups in total. The van der Waals surface area contributed by atoms with Crippen LogP contribution in [0.3, 0.4) is 0 Å². The molecule has 0 amide bonds. The molecule has 2 aromatic rings. The quantitative estimate of drug-likeness (QED) is 0.628. The van der Waals surface area contributed by atoms with Crippen LogP contribution >= 0.6 is 6.72 Å². The van der Waals surface area contributed by atoms with Gasteiger partial charge in [-0.3, -0.25) is 9.09 Å². The maximum atomic E-state index is 10.8. The number of fused-ring (bicyclic) bond motifs is 3. The van der Waals surface area contributed by atoms with E-state index in [1.54, 1.807) is 10.9 Å². The number of rotatable bonds is 5. The third kappa shape index (κ3) is 4.50. The number of anilines is 1. The predicted molar refractivity (Wildman–Crippen MR) is 119 cm³/mol. The molecule has 2 aliphatic rings. The molecule has 0 spiro atoms. The van der Waals surface area contributed by atoms with Crippen molar-refractivity contribution in [1.29, 1.82) is 0 Å². The van der Waals surface area contributed by atoms with Crippen LogP contribution in [0.4, 0.5) is 5.82 Å². The molecule has 2 aromatic heterocycles. The molecule has 2 fully saturated rings. The summed E-state index contributed by atoms with van der Waals surface area (Å²) in [6, 6.07) is 0. The maximum absolute atomic E-state index is 10.8. The van der Waals surface area contributed by atoms with Crippen LogP contribution in [0.1, 0.15) is 54.2 Å². The first-order valence-corrected chi connectivity index (χ1v) is 12.7. The van der Waals surface area contributed by atoms with Gasteiger partial charge in [0.15, 0.2) is 17.7 Å². The van der Waals surface area contributed by atoms with E-state index in [1.165, 1.54) is 6.33 Å². The Kier molecular flexibility index (Phi) is 5.49. The fourth-order valence-corrected chi connectivity index (χ4v) is 6.66. The number of hydrogen-bond donors (Lipinski definition) is 2. The van der Waals surface area contributed by atoms with Gasteiger partial charge in [-0.25, -0.2) is 15.0 Å². The van der Waals surface area contributed by atoms with E-state index >= 15 is 0 Å². The average molecular weight is 472 g/mol. The summed E-state index contributed by atoms with van der Waals surface area (Å²) in [4.78, 5) is 23.5. The van der Waals surface area contributed by atoms with E-state index in [2.05, 4.69) is 35.7 Å². The van der Waals surface area contributed by atoms with Crippen LogP contribution in [0.15, 0.2) is 12.7 Å². The molecule has 0 aromatic carbocycles. The zero-order valence-electron chi connectivity index (χ0n) is 18.6. The smallest absolute Gasteiger partial charge is 0.325 e. The molecular formula is C19H30N5O5PS. The lowest BCUT2D eigenvalue weighted by molar-refractivity contribution is -0.182. The Morgan fingerprint density at radius 3 is 2.65 bits per heavy atom. The van der Waals surface area contributed by atoms with E-state index < -0.39 is 36.4 Å². The van der Waals surface area contributed by atoms with Crippen molar-refractivity contribution in [3.8, 4) is 0 Å². The summed E-state index contributed by atoms with van der Waals surface area (Å²) in [5, 5.41) is 0. The third-order valence-corrected chi connectivity index (χ3v) is 6.85. The number of hydrogen-bond acceptors (Lipinski definition) is 9. The van der Waals surface area contributed by atoms with E-state index in [4.69, 9.17) is 36.1 Å². The van der Waals surface area contributed by atoms with Gasteiger partial charge < -0.3 is 24.6 Å². The Balaban J connectivity index is 1.72. The molecule has 4 heterocycles. The second kappa shape index (κ2) is 7.41. The van der Waals surface area contributed by atoms with Crippen LogP contribution in [0.5, 0.6) is 0 Å². The van der Waals surface area contributed by atoms with E-state index in [1.807, 2.05) is 20.8 Å². The van der Waals surface area contributed by atoms with Gasteiger partial charge in [-0.1, -0.05) is 20.8 Å². The minimum atomic E-state index is -3.56. The molecular weight excluding hydrogens is 441 g/mol. The molecule has 172 valence electrons. The lowest BCUT2D eigenvalue weighted by Gasteiger charge is -2.37. The average Bonchev–Trinajstić information content (AvgIpc) is 3.21. The van der Waals surface area contributed by atoms with E-state index in [-0.39, 0.29) is 11.2 Å². The van der Waals surface area contributed by atoms with Gasteiger partial charge in [0.25, 0.3) is 0 Å². The standard InChI is InChI=1S/C19H30N5O5PS/c1-17(2,3)7-19-8-26-12(13(19)28-30(25,31)29-18(4,5)6)16(27-19)24-10-23-11-14(20)21-9-22-15(11)24/h9-10,12-13,16H,7-8H2,1-6H3,(H,25,31)(H2,20,21,22)/t12-,13+,16-,19+,30?/m1/s1. The van der Waals surface area contributed by atoms with Gasteiger partial charge in [0.2, 0.25) is 0 Å². The van der Waals surface area contributed by atoms with Crippen molar-refractivity contribution in [3.63, 3.8) is 0 Å². The predicted octanol–water partition coefficient (Wildman–Crippen LogP) is 2.93. The van der Waals surface area contributed by atoms with E-state index in [0.717, 1.165) is 0 Å².